The zero-order valence-electron chi connectivity index (χ0n) is 11.1. The van der Waals surface area contributed by atoms with Crippen molar-refractivity contribution in [3.05, 3.63) is 69.8 Å². The molecular weight excluding hydrogens is 274 g/mol. The van der Waals surface area contributed by atoms with Crippen molar-refractivity contribution in [2.45, 2.75) is 6.61 Å². The second-order valence-electron chi connectivity index (χ2n) is 4.20. The molecule has 0 radical (unpaired) electrons. The third kappa shape index (κ3) is 4.12. The Labute approximate surface area is 121 Å². The minimum Gasteiger partial charge on any atom is -0.460 e. The largest absolute Gasteiger partial charge is 0.460 e. The molecule has 0 fully saturated rings. The molecule has 0 aliphatic heterocycles. The highest BCUT2D eigenvalue weighted by Gasteiger charge is 2.15. The van der Waals surface area contributed by atoms with Gasteiger partial charge in [-0.15, -0.1) is 0 Å². The molecule has 21 heavy (non-hydrogen) atoms. The van der Waals surface area contributed by atoms with E-state index in [9.17, 15) is 14.9 Å². The van der Waals surface area contributed by atoms with Gasteiger partial charge in [-0.25, -0.2) is 0 Å². The Hall–Kier alpha value is -2.73. The van der Waals surface area contributed by atoms with E-state index in [4.69, 9.17) is 9.47 Å². The van der Waals surface area contributed by atoms with Gasteiger partial charge in [-0.3, -0.25) is 14.9 Å². The Balaban J connectivity index is 1.95. The van der Waals surface area contributed by atoms with Crippen LogP contribution >= 0.6 is 0 Å². The molecule has 0 saturated heterocycles. The summed E-state index contributed by atoms with van der Waals surface area (Å²) in [5.41, 5.74) is 1.07. The predicted octanol–water partition coefficient (Wildman–Crippen LogP) is 2.96. The van der Waals surface area contributed by atoms with Gasteiger partial charge < -0.3 is 9.47 Å². The fourth-order valence-corrected chi connectivity index (χ4v) is 1.71. The quantitative estimate of drug-likeness (QED) is 0.257. The lowest BCUT2D eigenvalue weighted by Gasteiger charge is -2.08. The van der Waals surface area contributed by atoms with Crippen LogP contribution in [0.25, 0.3) is 0 Å². The van der Waals surface area contributed by atoms with Crippen molar-refractivity contribution in [1.82, 2.24) is 0 Å². The number of carbonyl (C=O) groups excluding carboxylic acids is 1. The molecule has 0 atom stereocenters. The van der Waals surface area contributed by atoms with Crippen LogP contribution < -0.4 is 4.74 Å². The Morgan fingerprint density at radius 3 is 2.57 bits per heavy atom. The normalized spacial score (nSPS) is 10.1. The standard InChI is InChI=1S/C15H13NO5/c17-9-13-6-7-14(16(18)19)15(8-13)21-11-20-10-12-4-2-1-3-5-12/h1-9H,10-11H2. The molecule has 0 aliphatic carbocycles. The van der Waals surface area contributed by atoms with Crippen LogP contribution in [0.1, 0.15) is 15.9 Å². The smallest absolute Gasteiger partial charge is 0.311 e. The molecule has 0 saturated carbocycles. The van der Waals surface area contributed by atoms with Crippen molar-refractivity contribution >= 4 is 12.0 Å². The highest BCUT2D eigenvalue weighted by molar-refractivity contribution is 5.76. The topological polar surface area (TPSA) is 78.7 Å². The van der Waals surface area contributed by atoms with E-state index in [2.05, 4.69) is 0 Å². The molecule has 0 aromatic heterocycles. The minimum atomic E-state index is -0.568. The summed E-state index contributed by atoms with van der Waals surface area (Å²) in [5.74, 6) is 0.0117. The molecule has 0 unspecified atom stereocenters. The number of nitro benzene ring substituents is 1. The lowest BCUT2D eigenvalue weighted by Crippen LogP contribution is -2.05. The molecule has 2 aromatic rings. The summed E-state index contributed by atoms with van der Waals surface area (Å²) in [4.78, 5) is 21.0. The molecule has 2 rings (SSSR count). The van der Waals surface area contributed by atoms with E-state index < -0.39 is 4.92 Å². The van der Waals surface area contributed by atoms with Crippen LogP contribution in [0.3, 0.4) is 0 Å². The molecule has 108 valence electrons. The number of nitrogens with zero attached hydrogens (tertiary/aromatic N) is 1. The van der Waals surface area contributed by atoms with Crippen molar-refractivity contribution in [2.75, 3.05) is 6.79 Å². The lowest BCUT2D eigenvalue weighted by atomic mass is 10.2. The SMILES string of the molecule is O=Cc1ccc([N+](=O)[O-])c(OCOCc2ccccc2)c1. The van der Waals surface area contributed by atoms with Crippen LogP contribution in [0.4, 0.5) is 5.69 Å². The highest BCUT2D eigenvalue weighted by atomic mass is 16.7. The maximum Gasteiger partial charge on any atom is 0.311 e. The predicted molar refractivity (Wildman–Crippen MR) is 75.2 cm³/mol. The molecule has 0 amide bonds. The first kappa shape index (κ1) is 14.7. The Morgan fingerprint density at radius 1 is 1.14 bits per heavy atom. The van der Waals surface area contributed by atoms with E-state index in [1.54, 1.807) is 0 Å². The van der Waals surface area contributed by atoms with Crippen LogP contribution in [0, 0.1) is 10.1 Å². The number of hydrogen-bond donors (Lipinski definition) is 0. The van der Waals surface area contributed by atoms with Gasteiger partial charge >= 0.3 is 5.69 Å². The van der Waals surface area contributed by atoms with Crippen LogP contribution in [0.15, 0.2) is 48.5 Å². The first-order valence-electron chi connectivity index (χ1n) is 6.19. The van der Waals surface area contributed by atoms with Crippen LogP contribution in [-0.2, 0) is 11.3 Å². The van der Waals surface area contributed by atoms with E-state index in [0.717, 1.165) is 5.56 Å². The molecule has 0 heterocycles. The second-order valence-corrected chi connectivity index (χ2v) is 4.20. The Morgan fingerprint density at radius 2 is 1.90 bits per heavy atom. The second kappa shape index (κ2) is 7.16. The molecule has 6 heteroatoms. The summed E-state index contributed by atoms with van der Waals surface area (Å²) in [5, 5.41) is 10.9. The third-order valence-electron chi connectivity index (χ3n) is 2.73. The van der Waals surface area contributed by atoms with Gasteiger partial charge in [0.1, 0.15) is 6.29 Å². The molecule has 0 aliphatic rings. The number of carbonyl (C=O) groups is 1. The van der Waals surface area contributed by atoms with Gasteiger partial charge in [0.2, 0.25) is 5.75 Å². The first-order chi connectivity index (χ1) is 10.2. The molecule has 0 N–H and O–H groups in total. The summed E-state index contributed by atoms with van der Waals surface area (Å²) in [6, 6.07) is 13.4. The maximum absolute atomic E-state index is 10.9. The zero-order valence-corrected chi connectivity index (χ0v) is 11.1. The van der Waals surface area contributed by atoms with Gasteiger partial charge in [0.25, 0.3) is 0 Å². The fourth-order valence-electron chi connectivity index (χ4n) is 1.71. The van der Waals surface area contributed by atoms with Gasteiger partial charge in [0, 0.05) is 11.6 Å². The number of nitro groups is 1. The van der Waals surface area contributed by atoms with Crippen molar-refractivity contribution in [3.63, 3.8) is 0 Å². The Bertz CT molecular complexity index is 627. The van der Waals surface area contributed by atoms with Gasteiger partial charge in [0.05, 0.1) is 11.5 Å². The highest BCUT2D eigenvalue weighted by Crippen LogP contribution is 2.27. The summed E-state index contributed by atoms with van der Waals surface area (Å²) >= 11 is 0. The van der Waals surface area contributed by atoms with Crippen molar-refractivity contribution in [1.29, 1.82) is 0 Å². The summed E-state index contributed by atoms with van der Waals surface area (Å²) in [6.45, 7) is 0.194. The van der Waals surface area contributed by atoms with E-state index in [1.165, 1.54) is 18.2 Å². The van der Waals surface area contributed by atoms with Crippen LogP contribution in [-0.4, -0.2) is 18.0 Å². The molecule has 6 nitrogen and oxygen atoms in total. The van der Waals surface area contributed by atoms with Crippen molar-refractivity contribution < 1.29 is 19.2 Å². The summed E-state index contributed by atoms with van der Waals surface area (Å²) in [6.07, 6.45) is 0.599. The number of hydrogen-bond acceptors (Lipinski definition) is 5. The van der Waals surface area contributed by atoms with Gasteiger partial charge in [-0.1, -0.05) is 30.3 Å². The van der Waals surface area contributed by atoms with E-state index in [0.29, 0.717) is 18.5 Å². The fraction of sp³-hybridized carbons (Fsp3) is 0.133. The van der Waals surface area contributed by atoms with Gasteiger partial charge in [-0.2, -0.15) is 0 Å². The molecule has 0 spiro atoms. The Kier molecular flexibility index (Phi) is 5.00. The summed E-state index contributed by atoms with van der Waals surface area (Å²) < 4.78 is 10.5. The van der Waals surface area contributed by atoms with E-state index in [-0.39, 0.29) is 18.2 Å². The monoisotopic (exact) mass is 287 g/mol. The number of ether oxygens (including phenoxy) is 2. The number of benzene rings is 2. The van der Waals surface area contributed by atoms with Gasteiger partial charge in [0.15, 0.2) is 6.79 Å². The maximum atomic E-state index is 10.9. The zero-order chi connectivity index (χ0) is 15.1. The van der Waals surface area contributed by atoms with Crippen molar-refractivity contribution in [3.8, 4) is 5.75 Å². The van der Waals surface area contributed by atoms with Crippen LogP contribution in [0.5, 0.6) is 5.75 Å². The summed E-state index contributed by atoms with van der Waals surface area (Å²) in [7, 11) is 0. The van der Waals surface area contributed by atoms with Gasteiger partial charge in [-0.05, 0) is 17.7 Å². The average Bonchev–Trinajstić information content (AvgIpc) is 2.52. The van der Waals surface area contributed by atoms with E-state index in [1.807, 2.05) is 30.3 Å². The molecule has 0 bridgehead atoms. The first-order valence-corrected chi connectivity index (χ1v) is 6.19. The van der Waals surface area contributed by atoms with E-state index >= 15 is 0 Å². The number of rotatable bonds is 7. The molecular formula is C15H13NO5. The third-order valence-corrected chi connectivity index (χ3v) is 2.73. The number of aldehydes is 1. The van der Waals surface area contributed by atoms with Crippen molar-refractivity contribution in [2.24, 2.45) is 0 Å². The average molecular weight is 287 g/mol. The van der Waals surface area contributed by atoms with Crippen LogP contribution in [0.2, 0.25) is 0 Å². The lowest BCUT2D eigenvalue weighted by molar-refractivity contribution is -0.386. The molecule has 2 aromatic carbocycles. The minimum absolute atomic E-state index is 0.0117.